The number of nitrogens with zero attached hydrogens (tertiary/aromatic N) is 2. The number of hydrogen-bond acceptors (Lipinski definition) is 5. The van der Waals surface area contributed by atoms with Gasteiger partial charge in [-0.15, -0.1) is 0 Å². The van der Waals surface area contributed by atoms with Gasteiger partial charge in [0.15, 0.2) is 5.17 Å². The van der Waals surface area contributed by atoms with Gasteiger partial charge in [0.25, 0.3) is 0 Å². The summed E-state index contributed by atoms with van der Waals surface area (Å²) in [7, 11) is 3.79. The number of amidine groups is 1. The van der Waals surface area contributed by atoms with Crippen molar-refractivity contribution in [2.45, 2.75) is 97.6 Å². The summed E-state index contributed by atoms with van der Waals surface area (Å²) in [5.41, 5.74) is 4.76. The molecule has 0 aromatic rings. The van der Waals surface area contributed by atoms with Crippen molar-refractivity contribution in [2.24, 2.45) is 16.9 Å². The summed E-state index contributed by atoms with van der Waals surface area (Å²) in [6, 6.07) is -0.00552. The second-order valence-electron chi connectivity index (χ2n) is 10.1. The standard InChI is InChI=1S/C27H50N4O2S/c1-10-13-14-15-23(12-3)25(32)28-24(22(11-2)16-17-33-9)18-20(4)21(5)29-30-26-31(8)27(6,7)19-34-26/h22-24,29H,4-5,10-19H2,1-3,6-9H3,(H,28,32)/b30-26-. The van der Waals surface area contributed by atoms with Crippen molar-refractivity contribution in [3.05, 3.63) is 24.4 Å². The summed E-state index contributed by atoms with van der Waals surface area (Å²) in [6.07, 6.45) is 7.77. The minimum absolute atomic E-state index is 0.00552. The van der Waals surface area contributed by atoms with Crippen LogP contribution >= 0.6 is 11.8 Å². The van der Waals surface area contributed by atoms with Crippen LogP contribution in [-0.2, 0) is 9.53 Å². The van der Waals surface area contributed by atoms with Gasteiger partial charge in [0.2, 0.25) is 5.91 Å². The molecule has 3 atom stereocenters. The van der Waals surface area contributed by atoms with Gasteiger partial charge in [-0.1, -0.05) is 71.4 Å². The van der Waals surface area contributed by atoms with Gasteiger partial charge < -0.3 is 15.0 Å². The van der Waals surface area contributed by atoms with Gasteiger partial charge in [-0.05, 0) is 51.0 Å². The van der Waals surface area contributed by atoms with Gasteiger partial charge in [-0.25, -0.2) is 0 Å². The van der Waals surface area contributed by atoms with Gasteiger partial charge in [0.05, 0.1) is 5.70 Å². The fourth-order valence-electron chi connectivity index (χ4n) is 4.14. The molecular formula is C27H50N4O2S. The maximum Gasteiger partial charge on any atom is 0.223 e. The zero-order chi connectivity index (χ0) is 25.7. The quantitative estimate of drug-likeness (QED) is 0.149. The summed E-state index contributed by atoms with van der Waals surface area (Å²) in [5, 5.41) is 8.91. The molecule has 0 radical (unpaired) electrons. The van der Waals surface area contributed by atoms with Crippen LogP contribution in [0, 0.1) is 11.8 Å². The Morgan fingerprint density at radius 1 is 1.21 bits per heavy atom. The molecule has 0 spiro atoms. The van der Waals surface area contributed by atoms with E-state index < -0.39 is 0 Å². The first-order chi connectivity index (χ1) is 16.1. The van der Waals surface area contributed by atoms with Crippen LogP contribution in [0.15, 0.2) is 29.5 Å². The van der Waals surface area contributed by atoms with Crippen LogP contribution in [0.2, 0.25) is 0 Å². The lowest BCUT2D eigenvalue weighted by Gasteiger charge is -2.30. The van der Waals surface area contributed by atoms with Crippen LogP contribution in [0.3, 0.4) is 0 Å². The third-order valence-electron chi connectivity index (χ3n) is 7.06. The van der Waals surface area contributed by atoms with Gasteiger partial charge >= 0.3 is 0 Å². The lowest BCUT2D eigenvalue weighted by molar-refractivity contribution is -0.126. The fourth-order valence-corrected chi connectivity index (χ4v) is 5.37. The smallest absolute Gasteiger partial charge is 0.223 e. The lowest BCUT2D eigenvalue weighted by Crippen LogP contribution is -2.44. The normalized spacial score (nSPS) is 19.0. The summed E-state index contributed by atoms with van der Waals surface area (Å²) in [5.74, 6) is 1.54. The van der Waals surface area contributed by atoms with E-state index in [0.717, 1.165) is 48.6 Å². The highest BCUT2D eigenvalue weighted by atomic mass is 32.2. The van der Waals surface area contributed by atoms with E-state index >= 15 is 0 Å². The lowest BCUT2D eigenvalue weighted by atomic mass is 9.87. The largest absolute Gasteiger partial charge is 0.385 e. The molecule has 34 heavy (non-hydrogen) atoms. The van der Waals surface area contributed by atoms with Crippen molar-refractivity contribution in [1.82, 2.24) is 15.6 Å². The molecule has 1 aliphatic heterocycles. The van der Waals surface area contributed by atoms with Crippen LogP contribution in [0.25, 0.3) is 0 Å². The van der Waals surface area contributed by atoms with E-state index in [2.05, 4.69) is 75.6 Å². The van der Waals surface area contributed by atoms with Crippen LogP contribution in [-0.4, -0.2) is 54.1 Å². The molecule has 1 saturated heterocycles. The first-order valence-corrected chi connectivity index (χ1v) is 14.0. The Labute approximate surface area is 213 Å². The first-order valence-electron chi connectivity index (χ1n) is 13.0. The number of thioether (sulfide) groups is 1. The zero-order valence-corrected chi connectivity index (χ0v) is 23.7. The van der Waals surface area contributed by atoms with Gasteiger partial charge in [-0.2, -0.15) is 5.10 Å². The van der Waals surface area contributed by atoms with E-state index in [0.29, 0.717) is 24.6 Å². The molecule has 1 amide bonds. The maximum absolute atomic E-state index is 13.2. The van der Waals surface area contributed by atoms with E-state index in [1.54, 1.807) is 18.9 Å². The topological polar surface area (TPSA) is 66.0 Å². The second-order valence-corrected chi connectivity index (χ2v) is 11.1. The molecule has 1 aliphatic rings. The van der Waals surface area contributed by atoms with E-state index in [4.69, 9.17) is 4.74 Å². The number of nitrogens with one attached hydrogen (secondary N) is 2. The van der Waals surface area contributed by atoms with E-state index in [1.807, 2.05) is 0 Å². The van der Waals surface area contributed by atoms with Crippen molar-refractivity contribution in [1.29, 1.82) is 0 Å². The second kappa shape index (κ2) is 15.5. The Morgan fingerprint density at radius 2 is 1.91 bits per heavy atom. The summed E-state index contributed by atoms with van der Waals surface area (Å²) < 4.78 is 5.35. The molecule has 196 valence electrons. The average Bonchev–Trinajstić information content (AvgIpc) is 3.07. The predicted molar refractivity (Wildman–Crippen MR) is 148 cm³/mol. The number of rotatable bonds is 17. The van der Waals surface area contributed by atoms with Crippen molar-refractivity contribution >= 4 is 22.8 Å². The molecule has 2 N–H and O–H groups in total. The number of unbranched alkanes of at least 4 members (excludes halogenated alkanes) is 2. The highest BCUT2D eigenvalue weighted by Crippen LogP contribution is 2.31. The van der Waals surface area contributed by atoms with Crippen LogP contribution in [0.1, 0.15) is 86.0 Å². The Balaban J connectivity index is 2.86. The summed E-state index contributed by atoms with van der Waals surface area (Å²) >= 11 is 1.74. The fraction of sp³-hybridized carbons (Fsp3) is 0.778. The molecule has 1 heterocycles. The number of hydrogen-bond donors (Lipinski definition) is 2. The Hall–Kier alpha value is -1.47. The van der Waals surface area contributed by atoms with Crippen LogP contribution in [0.4, 0.5) is 0 Å². The van der Waals surface area contributed by atoms with Gasteiger partial charge in [-0.3, -0.25) is 10.2 Å². The monoisotopic (exact) mass is 494 g/mol. The molecule has 0 aliphatic carbocycles. The molecule has 3 unspecified atom stereocenters. The Bertz CT molecular complexity index is 692. The first kappa shape index (κ1) is 30.6. The third-order valence-corrected chi connectivity index (χ3v) is 8.54. The molecule has 7 heteroatoms. The highest BCUT2D eigenvalue weighted by Gasteiger charge is 2.34. The Kier molecular flexibility index (Phi) is 13.9. The number of ether oxygens (including phenoxy) is 1. The predicted octanol–water partition coefficient (Wildman–Crippen LogP) is 5.92. The number of amides is 1. The number of carbonyl (C=O) groups excluding carboxylic acids is 1. The minimum atomic E-state index is -0.00552. The van der Waals surface area contributed by atoms with E-state index in [1.165, 1.54) is 12.8 Å². The molecular weight excluding hydrogens is 444 g/mol. The minimum Gasteiger partial charge on any atom is -0.385 e. The van der Waals surface area contributed by atoms with Gasteiger partial charge in [0, 0.05) is 44.0 Å². The van der Waals surface area contributed by atoms with Crippen molar-refractivity contribution < 1.29 is 9.53 Å². The van der Waals surface area contributed by atoms with E-state index in [9.17, 15) is 4.79 Å². The molecule has 6 nitrogen and oxygen atoms in total. The van der Waals surface area contributed by atoms with Crippen LogP contribution in [0.5, 0.6) is 0 Å². The molecule has 1 rings (SSSR count). The summed E-state index contributed by atoms with van der Waals surface area (Å²) in [4.78, 5) is 15.4. The number of carbonyl (C=O) groups is 1. The van der Waals surface area contributed by atoms with E-state index in [-0.39, 0.29) is 23.4 Å². The zero-order valence-electron chi connectivity index (χ0n) is 22.8. The molecule has 0 saturated carbocycles. The number of hydrazone groups is 1. The molecule has 0 bridgehead atoms. The number of allylic oxidation sites excluding steroid dienone is 1. The third kappa shape index (κ3) is 9.65. The molecule has 0 aromatic carbocycles. The Morgan fingerprint density at radius 3 is 2.44 bits per heavy atom. The highest BCUT2D eigenvalue weighted by molar-refractivity contribution is 8.14. The maximum atomic E-state index is 13.2. The van der Waals surface area contributed by atoms with Crippen molar-refractivity contribution in [3.63, 3.8) is 0 Å². The van der Waals surface area contributed by atoms with Gasteiger partial charge in [0.1, 0.15) is 0 Å². The average molecular weight is 495 g/mol. The van der Waals surface area contributed by atoms with Crippen molar-refractivity contribution in [2.75, 3.05) is 26.5 Å². The summed E-state index contributed by atoms with van der Waals surface area (Å²) in [6.45, 7) is 20.0. The molecule has 0 aromatic heterocycles. The van der Waals surface area contributed by atoms with Crippen LogP contribution < -0.4 is 10.7 Å². The van der Waals surface area contributed by atoms with Crippen molar-refractivity contribution in [3.8, 4) is 0 Å². The SMILES string of the molecule is C=C(CC(NC(=O)C(CC)CCCCC)C(CC)CCOC)C(=C)N/N=C1\SCC(C)(C)N1C. The number of methoxy groups -OCH3 is 1. The molecule has 1 fully saturated rings.